The van der Waals surface area contributed by atoms with Gasteiger partial charge in [0.05, 0.1) is 18.8 Å². The number of nitrogens with zero attached hydrogens (tertiary/aromatic N) is 1. The first kappa shape index (κ1) is 21.5. The molecule has 0 spiro atoms. The molecule has 0 radical (unpaired) electrons. The van der Waals surface area contributed by atoms with Crippen molar-refractivity contribution in [1.29, 1.82) is 0 Å². The summed E-state index contributed by atoms with van der Waals surface area (Å²) in [7, 11) is 0. The van der Waals surface area contributed by atoms with Crippen molar-refractivity contribution in [2.24, 2.45) is 0 Å². The number of benzene rings is 2. The Kier molecular flexibility index (Phi) is 6.20. The first-order valence-electron chi connectivity index (χ1n) is 10.5. The van der Waals surface area contributed by atoms with Gasteiger partial charge in [-0.3, -0.25) is 14.5 Å². The van der Waals surface area contributed by atoms with Crippen LogP contribution in [-0.2, 0) is 14.3 Å². The van der Waals surface area contributed by atoms with Crippen LogP contribution < -0.4 is 15.5 Å². The average Bonchev–Trinajstić information content (AvgIpc) is 3.50. The maximum atomic E-state index is 14.8. The lowest BCUT2D eigenvalue weighted by Crippen LogP contribution is -2.33. The van der Waals surface area contributed by atoms with Gasteiger partial charge in [0.2, 0.25) is 11.8 Å². The highest BCUT2D eigenvalue weighted by Gasteiger charge is 2.32. The van der Waals surface area contributed by atoms with E-state index in [4.69, 9.17) is 4.74 Å². The molecule has 0 aromatic heterocycles. The highest BCUT2D eigenvalue weighted by atomic mass is 19.1. The summed E-state index contributed by atoms with van der Waals surface area (Å²) < 4.78 is 20.1. The second-order valence-corrected chi connectivity index (χ2v) is 7.96. The first-order chi connectivity index (χ1) is 15.4. The van der Waals surface area contributed by atoms with Crippen molar-refractivity contribution in [3.8, 4) is 11.1 Å². The van der Waals surface area contributed by atoms with Crippen molar-refractivity contribution in [3.63, 3.8) is 0 Å². The van der Waals surface area contributed by atoms with Gasteiger partial charge in [0.1, 0.15) is 11.9 Å². The van der Waals surface area contributed by atoms with Crippen LogP contribution in [0, 0.1) is 5.82 Å². The fraction of sp³-hybridized carbons (Fsp3) is 0.292. The van der Waals surface area contributed by atoms with Gasteiger partial charge in [-0.25, -0.2) is 9.18 Å². The minimum absolute atomic E-state index is 0.113. The van der Waals surface area contributed by atoms with Crippen LogP contribution in [0.1, 0.15) is 25.3 Å². The zero-order chi connectivity index (χ0) is 22.7. The van der Waals surface area contributed by atoms with Crippen molar-refractivity contribution in [3.05, 3.63) is 59.9 Å². The molecule has 7 nitrogen and oxygen atoms in total. The zero-order valence-corrected chi connectivity index (χ0v) is 17.6. The van der Waals surface area contributed by atoms with Gasteiger partial charge in [0.25, 0.3) is 0 Å². The molecule has 1 saturated heterocycles. The third-order valence-electron chi connectivity index (χ3n) is 5.29. The number of hydrogen-bond donors (Lipinski definition) is 2. The Morgan fingerprint density at radius 1 is 1.19 bits per heavy atom. The molecule has 2 fully saturated rings. The Hall–Kier alpha value is -3.68. The molecule has 0 unspecified atom stereocenters. The predicted octanol–water partition coefficient (Wildman–Crippen LogP) is 3.25. The van der Waals surface area contributed by atoms with Crippen LogP contribution in [0.2, 0.25) is 0 Å². The van der Waals surface area contributed by atoms with E-state index in [-0.39, 0.29) is 24.9 Å². The quantitative estimate of drug-likeness (QED) is 0.651. The summed E-state index contributed by atoms with van der Waals surface area (Å²) in [5.41, 5.74) is 2.31. The van der Waals surface area contributed by atoms with Crippen molar-refractivity contribution >= 4 is 29.7 Å². The molecule has 3 amide bonds. The maximum absolute atomic E-state index is 14.8. The van der Waals surface area contributed by atoms with Gasteiger partial charge in [-0.2, -0.15) is 0 Å². The van der Waals surface area contributed by atoms with Gasteiger partial charge in [0.15, 0.2) is 0 Å². The molecule has 1 aliphatic carbocycles. The van der Waals surface area contributed by atoms with Crippen molar-refractivity contribution in [2.75, 3.05) is 18.0 Å². The molecular weight excluding hydrogens is 413 g/mol. The van der Waals surface area contributed by atoms with Crippen LogP contribution in [0.15, 0.2) is 48.5 Å². The Labute approximate surface area is 185 Å². The summed E-state index contributed by atoms with van der Waals surface area (Å²) >= 11 is 0. The number of ether oxygens (including phenoxy) is 1. The molecule has 0 bridgehead atoms. The Morgan fingerprint density at radius 3 is 2.59 bits per heavy atom. The second kappa shape index (κ2) is 9.21. The van der Waals surface area contributed by atoms with Crippen LogP contribution in [0.3, 0.4) is 0 Å². The second-order valence-electron chi connectivity index (χ2n) is 7.96. The van der Waals surface area contributed by atoms with Gasteiger partial charge in [-0.1, -0.05) is 24.3 Å². The summed E-state index contributed by atoms with van der Waals surface area (Å²) in [5.74, 6) is -0.788. The molecule has 4 rings (SSSR count). The fourth-order valence-electron chi connectivity index (χ4n) is 3.42. The Morgan fingerprint density at radius 2 is 1.94 bits per heavy atom. The molecule has 1 saturated carbocycles. The fourth-order valence-corrected chi connectivity index (χ4v) is 3.42. The number of nitrogens with one attached hydrogen (secondary N) is 2. The number of rotatable bonds is 7. The molecule has 166 valence electrons. The summed E-state index contributed by atoms with van der Waals surface area (Å²) in [6.07, 6.45) is 4.23. The topological polar surface area (TPSA) is 87.7 Å². The van der Waals surface area contributed by atoms with Crippen molar-refractivity contribution in [1.82, 2.24) is 10.6 Å². The molecule has 2 aromatic rings. The molecule has 2 aliphatic rings. The van der Waals surface area contributed by atoms with E-state index in [2.05, 4.69) is 10.6 Å². The molecule has 2 N–H and O–H groups in total. The minimum Gasteiger partial charge on any atom is -0.442 e. The molecule has 2 aromatic carbocycles. The lowest BCUT2D eigenvalue weighted by molar-refractivity contribution is -0.119. The Balaban J connectivity index is 1.41. The monoisotopic (exact) mass is 437 g/mol. The van der Waals surface area contributed by atoms with Gasteiger partial charge < -0.3 is 15.4 Å². The summed E-state index contributed by atoms with van der Waals surface area (Å²) in [6, 6.07) is 12.1. The highest BCUT2D eigenvalue weighted by Crippen LogP contribution is 2.29. The van der Waals surface area contributed by atoms with Gasteiger partial charge in [0, 0.05) is 24.6 Å². The molecule has 1 heterocycles. The van der Waals surface area contributed by atoms with Crippen LogP contribution in [0.25, 0.3) is 17.2 Å². The number of cyclic esters (lactones) is 1. The van der Waals surface area contributed by atoms with E-state index < -0.39 is 18.0 Å². The van der Waals surface area contributed by atoms with E-state index >= 15 is 0 Å². The van der Waals surface area contributed by atoms with Crippen LogP contribution in [0.5, 0.6) is 0 Å². The smallest absolute Gasteiger partial charge is 0.414 e. The van der Waals surface area contributed by atoms with Gasteiger partial charge >= 0.3 is 6.09 Å². The van der Waals surface area contributed by atoms with E-state index in [1.54, 1.807) is 30.3 Å². The number of amides is 3. The number of anilines is 1. The number of hydrogen-bond acceptors (Lipinski definition) is 4. The van der Waals surface area contributed by atoms with Crippen LogP contribution in [-0.4, -0.2) is 43.1 Å². The highest BCUT2D eigenvalue weighted by molar-refractivity contribution is 5.92. The van der Waals surface area contributed by atoms with E-state index in [1.807, 2.05) is 12.1 Å². The third kappa shape index (κ3) is 5.32. The largest absolute Gasteiger partial charge is 0.442 e. The van der Waals surface area contributed by atoms with E-state index in [1.165, 1.54) is 24.0 Å². The van der Waals surface area contributed by atoms with Crippen molar-refractivity contribution in [2.45, 2.75) is 31.9 Å². The zero-order valence-electron chi connectivity index (χ0n) is 17.6. The number of carbonyl (C=O) groups excluding carboxylic acids is 3. The SMILES string of the molecule is CC(=O)NC[C@H]1CN(c2ccc(-c3ccc(/C=C/C(=O)NC4CC4)cc3)c(F)c2)C(=O)O1. The van der Waals surface area contributed by atoms with Crippen LogP contribution in [0.4, 0.5) is 14.9 Å². The van der Waals surface area contributed by atoms with Crippen molar-refractivity contribution < 1.29 is 23.5 Å². The normalized spacial score (nSPS) is 18.0. The van der Waals surface area contributed by atoms with Gasteiger partial charge in [-0.15, -0.1) is 0 Å². The third-order valence-corrected chi connectivity index (χ3v) is 5.29. The summed E-state index contributed by atoms with van der Waals surface area (Å²) in [6.45, 7) is 1.83. The number of carbonyl (C=O) groups is 3. The van der Waals surface area contributed by atoms with E-state index in [0.29, 0.717) is 22.9 Å². The Bertz CT molecular complexity index is 1060. The van der Waals surface area contributed by atoms with Crippen LogP contribution >= 0.6 is 0 Å². The maximum Gasteiger partial charge on any atom is 0.414 e. The molecule has 8 heteroatoms. The van der Waals surface area contributed by atoms with E-state index in [9.17, 15) is 18.8 Å². The molecule has 1 aliphatic heterocycles. The lowest BCUT2D eigenvalue weighted by atomic mass is 10.0. The predicted molar refractivity (Wildman–Crippen MR) is 118 cm³/mol. The lowest BCUT2D eigenvalue weighted by Gasteiger charge is -2.14. The number of halogens is 1. The minimum atomic E-state index is -0.575. The summed E-state index contributed by atoms with van der Waals surface area (Å²) in [4.78, 5) is 36.3. The average molecular weight is 437 g/mol. The summed E-state index contributed by atoms with van der Waals surface area (Å²) in [5, 5.41) is 5.49. The molecular formula is C24H24FN3O4. The first-order valence-corrected chi connectivity index (χ1v) is 10.5. The van der Waals surface area contributed by atoms with E-state index in [0.717, 1.165) is 18.4 Å². The molecule has 32 heavy (non-hydrogen) atoms. The standard InChI is InChI=1S/C24H24FN3O4/c1-15(29)26-13-20-14-28(24(31)32-20)19-9-10-21(22(25)12-19)17-5-2-16(3-6-17)4-11-23(30)27-18-7-8-18/h2-6,9-12,18,20H,7-8,13-14H2,1H3,(H,26,29)(H,27,30)/b11-4+/t20-/m0/s1. The molecule has 1 atom stereocenters. The van der Waals surface area contributed by atoms with Gasteiger partial charge in [-0.05, 0) is 48.2 Å².